The van der Waals surface area contributed by atoms with Gasteiger partial charge in [-0.2, -0.15) is 0 Å². The predicted octanol–water partition coefficient (Wildman–Crippen LogP) is 3.83. The SMILES string of the molecule is CC(=O)OC[C@]12CCC3C(CC=C4[C@@H](O)C=CC(=O)[C@@]43C)C1CCC2[C@@](C)(O)[C@H]1CC(C)=C(C)C(=O)O1. The lowest BCUT2D eigenvalue weighted by Gasteiger charge is -2.58. The van der Waals surface area contributed by atoms with E-state index in [0.717, 1.165) is 36.8 Å². The maximum absolute atomic E-state index is 13.3. The Kier molecular flexibility index (Phi) is 6.35. The van der Waals surface area contributed by atoms with Crippen molar-refractivity contribution in [2.75, 3.05) is 6.61 Å². The van der Waals surface area contributed by atoms with Crippen molar-refractivity contribution in [2.24, 2.45) is 34.5 Å². The number of aliphatic hydroxyl groups excluding tert-OH is 1. The van der Waals surface area contributed by atoms with Crippen molar-refractivity contribution >= 4 is 17.7 Å². The van der Waals surface area contributed by atoms with Crippen LogP contribution in [0.4, 0.5) is 0 Å². The molecule has 0 aromatic heterocycles. The molecule has 37 heavy (non-hydrogen) atoms. The van der Waals surface area contributed by atoms with Crippen LogP contribution in [0.15, 0.2) is 34.9 Å². The number of ether oxygens (including phenoxy) is 2. The molecule has 7 nitrogen and oxygen atoms in total. The number of hydrogen-bond acceptors (Lipinski definition) is 7. The summed E-state index contributed by atoms with van der Waals surface area (Å²) in [7, 11) is 0. The van der Waals surface area contributed by atoms with Crippen LogP contribution in [0.1, 0.15) is 73.1 Å². The van der Waals surface area contributed by atoms with Crippen LogP contribution < -0.4 is 0 Å². The molecular weight excluding hydrogens is 472 g/mol. The summed E-state index contributed by atoms with van der Waals surface area (Å²) in [5.41, 5.74) is -0.211. The first kappa shape index (κ1) is 26.4. The Balaban J connectivity index is 1.52. The molecule has 4 aliphatic carbocycles. The maximum atomic E-state index is 13.3. The van der Waals surface area contributed by atoms with E-state index in [1.165, 1.54) is 13.0 Å². The van der Waals surface area contributed by atoms with Gasteiger partial charge >= 0.3 is 11.9 Å². The van der Waals surface area contributed by atoms with Crippen LogP contribution in [0.2, 0.25) is 0 Å². The van der Waals surface area contributed by atoms with Crippen molar-refractivity contribution in [1.82, 2.24) is 0 Å². The van der Waals surface area contributed by atoms with Gasteiger partial charge in [-0.3, -0.25) is 9.59 Å². The van der Waals surface area contributed by atoms with E-state index in [1.54, 1.807) is 19.9 Å². The number of rotatable bonds is 4. The van der Waals surface area contributed by atoms with Crippen LogP contribution in [0.25, 0.3) is 0 Å². The van der Waals surface area contributed by atoms with Gasteiger partial charge in [0.25, 0.3) is 0 Å². The zero-order chi connectivity index (χ0) is 26.9. The summed E-state index contributed by atoms with van der Waals surface area (Å²) in [5, 5.41) is 22.8. The Morgan fingerprint density at radius 1 is 1.22 bits per heavy atom. The number of hydrogen-bond donors (Lipinski definition) is 2. The van der Waals surface area contributed by atoms with Crippen molar-refractivity contribution in [3.8, 4) is 0 Å². The summed E-state index contributed by atoms with van der Waals surface area (Å²) < 4.78 is 11.5. The van der Waals surface area contributed by atoms with E-state index in [2.05, 4.69) is 6.08 Å². The third kappa shape index (κ3) is 3.79. The van der Waals surface area contributed by atoms with Crippen LogP contribution in [-0.2, 0) is 23.9 Å². The first-order valence-electron chi connectivity index (χ1n) is 13.7. The second-order valence-electron chi connectivity index (χ2n) is 12.6. The molecule has 1 aliphatic heterocycles. The fraction of sp³-hybridized carbons (Fsp3) is 0.700. The molecule has 0 aromatic rings. The normalized spacial score (nSPS) is 42.7. The van der Waals surface area contributed by atoms with Gasteiger partial charge in [-0.1, -0.05) is 11.6 Å². The lowest BCUT2D eigenvalue weighted by Crippen LogP contribution is -2.60. The van der Waals surface area contributed by atoms with Gasteiger partial charge in [-0.05, 0) is 95.3 Å². The van der Waals surface area contributed by atoms with Gasteiger partial charge in [-0.15, -0.1) is 0 Å². The minimum atomic E-state index is -1.31. The highest BCUT2D eigenvalue weighted by molar-refractivity contribution is 5.99. The van der Waals surface area contributed by atoms with Crippen molar-refractivity contribution in [1.29, 1.82) is 0 Å². The molecule has 2 saturated carbocycles. The first-order valence-corrected chi connectivity index (χ1v) is 13.7. The number of ketones is 1. The van der Waals surface area contributed by atoms with Crippen LogP contribution in [-0.4, -0.2) is 52.4 Å². The number of allylic oxidation sites excluding steroid dienone is 2. The van der Waals surface area contributed by atoms with Crippen LogP contribution in [0.3, 0.4) is 0 Å². The summed E-state index contributed by atoms with van der Waals surface area (Å²) in [6.07, 6.45) is 7.96. The summed E-state index contributed by atoms with van der Waals surface area (Å²) in [4.78, 5) is 37.8. The Morgan fingerprint density at radius 2 is 1.95 bits per heavy atom. The molecule has 202 valence electrons. The average molecular weight is 513 g/mol. The maximum Gasteiger partial charge on any atom is 0.334 e. The highest BCUT2D eigenvalue weighted by Crippen LogP contribution is 2.67. The van der Waals surface area contributed by atoms with E-state index in [9.17, 15) is 24.6 Å². The molecule has 0 aromatic carbocycles. The monoisotopic (exact) mass is 512 g/mol. The van der Waals surface area contributed by atoms with Crippen LogP contribution in [0.5, 0.6) is 0 Å². The van der Waals surface area contributed by atoms with Gasteiger partial charge in [0.15, 0.2) is 5.78 Å². The molecule has 2 N–H and O–H groups in total. The van der Waals surface area contributed by atoms with Crippen molar-refractivity contribution in [3.05, 3.63) is 34.9 Å². The number of aliphatic hydroxyl groups is 2. The smallest absolute Gasteiger partial charge is 0.334 e. The molecule has 0 saturated heterocycles. The Hall–Kier alpha value is -2.25. The van der Waals surface area contributed by atoms with Gasteiger partial charge in [-0.25, -0.2) is 4.79 Å². The standard InChI is InChI=1S/C30H40O7/c1-16-14-26(37-27(34)17(16)2)29(5,35)24-10-8-21-19-6-7-22-23(32)9-11-25(33)28(22,4)20(19)12-13-30(21,24)15-36-18(3)31/h7,9,11,19-21,23-24,26,32,35H,6,8,10,12-15H2,1-5H3/t19?,20?,21?,23-,24?,26+,28+,29+,30+/m0/s1. The molecule has 0 bridgehead atoms. The molecule has 7 heteroatoms. The fourth-order valence-electron chi connectivity index (χ4n) is 8.85. The number of fused-ring (bicyclic) bond motifs is 5. The lowest BCUT2D eigenvalue weighted by molar-refractivity contribution is -0.192. The van der Waals surface area contributed by atoms with E-state index in [4.69, 9.17) is 9.47 Å². The zero-order valence-corrected chi connectivity index (χ0v) is 22.6. The molecule has 0 radical (unpaired) electrons. The minimum Gasteiger partial charge on any atom is -0.465 e. The van der Waals surface area contributed by atoms with Crippen LogP contribution >= 0.6 is 0 Å². The van der Waals surface area contributed by atoms with Crippen molar-refractivity contribution < 1.29 is 34.1 Å². The second-order valence-corrected chi connectivity index (χ2v) is 12.6. The summed E-state index contributed by atoms with van der Waals surface area (Å²) >= 11 is 0. The molecule has 4 unspecified atom stereocenters. The second kappa shape index (κ2) is 8.91. The Labute approximate surface area is 219 Å². The van der Waals surface area contributed by atoms with Gasteiger partial charge in [0, 0.05) is 30.3 Å². The highest BCUT2D eigenvalue weighted by Gasteiger charge is 2.66. The van der Waals surface area contributed by atoms with E-state index in [0.29, 0.717) is 18.4 Å². The summed E-state index contributed by atoms with van der Waals surface area (Å²) in [5.74, 6) is -0.572. The fourth-order valence-corrected chi connectivity index (χ4v) is 8.85. The Morgan fingerprint density at radius 3 is 2.62 bits per heavy atom. The van der Waals surface area contributed by atoms with Gasteiger partial charge in [0.1, 0.15) is 11.7 Å². The number of cyclic esters (lactones) is 1. The van der Waals surface area contributed by atoms with E-state index < -0.39 is 28.6 Å². The van der Waals surface area contributed by atoms with E-state index in [-0.39, 0.29) is 48.0 Å². The van der Waals surface area contributed by atoms with Crippen LogP contribution in [0, 0.1) is 34.5 Å². The first-order chi connectivity index (χ1) is 17.3. The quantitative estimate of drug-likeness (QED) is 0.435. The molecule has 5 rings (SSSR count). The molecule has 0 amide bonds. The van der Waals surface area contributed by atoms with Gasteiger partial charge < -0.3 is 19.7 Å². The summed E-state index contributed by atoms with van der Waals surface area (Å²) in [6.45, 7) is 9.03. The number of carbonyl (C=O) groups is 3. The molecule has 1 heterocycles. The molecule has 5 aliphatic rings. The topological polar surface area (TPSA) is 110 Å². The zero-order valence-electron chi connectivity index (χ0n) is 22.6. The molecular formula is C30H40O7. The van der Waals surface area contributed by atoms with Crippen molar-refractivity contribution in [2.45, 2.75) is 91.0 Å². The lowest BCUT2D eigenvalue weighted by atomic mass is 9.46. The molecule has 2 fully saturated rings. The largest absolute Gasteiger partial charge is 0.465 e. The number of carbonyl (C=O) groups excluding carboxylic acids is 3. The van der Waals surface area contributed by atoms with Gasteiger partial charge in [0.2, 0.25) is 0 Å². The number of esters is 2. The third-order valence-electron chi connectivity index (χ3n) is 11.0. The van der Waals surface area contributed by atoms with E-state index in [1.807, 2.05) is 13.8 Å². The third-order valence-corrected chi connectivity index (χ3v) is 11.0. The van der Waals surface area contributed by atoms with Gasteiger partial charge in [0.05, 0.1) is 18.1 Å². The molecule has 0 spiro atoms. The average Bonchev–Trinajstić information content (AvgIpc) is 3.24. The van der Waals surface area contributed by atoms with Crippen molar-refractivity contribution in [3.63, 3.8) is 0 Å². The Bertz CT molecular complexity index is 1110. The van der Waals surface area contributed by atoms with E-state index >= 15 is 0 Å². The predicted molar refractivity (Wildman–Crippen MR) is 136 cm³/mol. The highest BCUT2D eigenvalue weighted by atomic mass is 16.6. The summed E-state index contributed by atoms with van der Waals surface area (Å²) in [6, 6.07) is 0. The molecule has 9 atom stereocenters. The minimum absolute atomic E-state index is 0.0412.